The molecule has 1 aromatic rings. The molecule has 0 aromatic heterocycles. The first-order valence-electron chi connectivity index (χ1n) is 4.06. The maximum atomic E-state index is 9.22. The average molecular weight is 236 g/mol. The maximum Gasteiger partial charge on any atom is 0.496 e. The topological polar surface area (TPSA) is 107 Å². The number of phosphoric acid groups is 1. The second-order valence-electron chi connectivity index (χ2n) is 2.55. The van der Waals surface area contributed by atoms with Gasteiger partial charge in [-0.3, -0.25) is 0 Å². The molecule has 7 heteroatoms. The molecule has 0 spiro atoms. The van der Waals surface area contributed by atoms with E-state index in [1.165, 1.54) is 0 Å². The van der Waals surface area contributed by atoms with Gasteiger partial charge >= 0.3 is 7.82 Å². The second kappa shape index (κ2) is 6.55. The van der Waals surface area contributed by atoms with Gasteiger partial charge in [0.2, 0.25) is 0 Å². The molecule has 6 nitrogen and oxygen atoms in total. The highest BCUT2D eigenvalue weighted by molar-refractivity contribution is 7.46. The normalized spacial score (nSPS) is 10.4. The summed E-state index contributed by atoms with van der Waals surface area (Å²) in [6, 6.07) is 7.39. The third kappa shape index (κ3) is 7.07. The molecule has 0 saturated heterocycles. The molecule has 1 aromatic carbocycles. The summed E-state index contributed by atoms with van der Waals surface area (Å²) < 4.78 is 11.8. The summed E-state index contributed by atoms with van der Waals surface area (Å²) in [7, 11) is -4.59. The molecule has 0 atom stereocenters. The van der Waals surface area contributed by atoms with Gasteiger partial charge in [0.25, 0.3) is 0 Å². The van der Waals surface area contributed by atoms with Gasteiger partial charge < -0.3 is 14.9 Å². The lowest BCUT2D eigenvalue weighted by Gasteiger charge is -1.97. The number of phenols is 1. The summed E-state index contributed by atoms with van der Waals surface area (Å²) >= 11 is 0. The zero-order valence-electron chi connectivity index (χ0n) is 8.07. The standard InChI is InChI=1S/C8H10O.H3O5P/c1-2-7-5-3-4-6-8(7)9;1-5-6(2,3)4/h3-6,9H,2H2,1H3;1H,(H2,2,3,4). The molecule has 0 amide bonds. The molecule has 0 aliphatic carbocycles. The van der Waals surface area contributed by atoms with E-state index in [-0.39, 0.29) is 0 Å². The van der Waals surface area contributed by atoms with Crippen LogP contribution in [0.25, 0.3) is 0 Å². The monoisotopic (exact) mass is 236 g/mol. The van der Waals surface area contributed by atoms with Crippen molar-refractivity contribution in [1.82, 2.24) is 0 Å². The van der Waals surface area contributed by atoms with Crippen molar-refractivity contribution in [2.24, 2.45) is 0 Å². The molecule has 0 aliphatic rings. The Kier molecular flexibility index (Phi) is 6.15. The van der Waals surface area contributed by atoms with Gasteiger partial charge in [-0.25, -0.2) is 9.82 Å². The van der Waals surface area contributed by atoms with Crippen LogP contribution in [0.3, 0.4) is 0 Å². The largest absolute Gasteiger partial charge is 0.508 e. The average Bonchev–Trinajstić information content (AvgIpc) is 2.18. The van der Waals surface area contributed by atoms with Crippen molar-refractivity contribution < 1.29 is 29.4 Å². The number of benzene rings is 1. The van der Waals surface area contributed by atoms with Crippen LogP contribution < -0.4 is 0 Å². The van der Waals surface area contributed by atoms with E-state index in [1.807, 2.05) is 25.1 Å². The first kappa shape index (κ1) is 14.1. The summed E-state index contributed by atoms with van der Waals surface area (Å²) in [5, 5.41) is 16.3. The number of hydrogen-bond acceptors (Lipinski definition) is 4. The van der Waals surface area contributed by atoms with Crippen LogP contribution in [0.15, 0.2) is 24.3 Å². The third-order valence-corrected chi connectivity index (χ3v) is 1.69. The van der Waals surface area contributed by atoms with E-state index in [0.29, 0.717) is 5.75 Å². The molecule has 0 bridgehead atoms. The van der Waals surface area contributed by atoms with Gasteiger partial charge in [-0.1, -0.05) is 25.1 Å². The maximum absolute atomic E-state index is 9.22. The Morgan fingerprint density at radius 3 is 2.07 bits per heavy atom. The number of para-hydroxylation sites is 1. The fourth-order valence-corrected chi connectivity index (χ4v) is 0.810. The molecule has 4 N–H and O–H groups in total. The summed E-state index contributed by atoms with van der Waals surface area (Å²) in [5.41, 5.74) is 1.01. The molecule has 0 aliphatic heterocycles. The molecule has 0 heterocycles. The second-order valence-corrected chi connectivity index (χ2v) is 3.70. The van der Waals surface area contributed by atoms with Crippen molar-refractivity contribution in [1.29, 1.82) is 0 Å². The van der Waals surface area contributed by atoms with Crippen LogP contribution in [0.5, 0.6) is 5.75 Å². The van der Waals surface area contributed by atoms with Gasteiger partial charge in [-0.05, 0) is 18.1 Å². The van der Waals surface area contributed by atoms with Crippen molar-refractivity contribution in [2.45, 2.75) is 13.3 Å². The third-order valence-electron chi connectivity index (χ3n) is 1.48. The van der Waals surface area contributed by atoms with Crippen molar-refractivity contribution in [3.8, 4) is 5.75 Å². The lowest BCUT2D eigenvalue weighted by Crippen LogP contribution is -1.77. The number of aromatic hydroxyl groups is 1. The molecule has 0 fully saturated rings. The molecule has 0 saturated carbocycles. The van der Waals surface area contributed by atoms with Crippen molar-refractivity contribution in [3.05, 3.63) is 29.8 Å². The predicted molar refractivity (Wildman–Crippen MR) is 53.2 cm³/mol. The number of rotatable bonds is 2. The number of aryl methyl sites for hydroxylation is 1. The minimum Gasteiger partial charge on any atom is -0.508 e. The molecule has 0 unspecified atom stereocenters. The van der Waals surface area contributed by atoms with Gasteiger partial charge in [-0.15, -0.1) is 4.67 Å². The van der Waals surface area contributed by atoms with E-state index in [9.17, 15) is 4.57 Å². The quantitative estimate of drug-likeness (QED) is 0.352. The highest BCUT2D eigenvalue weighted by Gasteiger charge is 2.10. The van der Waals surface area contributed by atoms with Crippen LogP contribution in [-0.4, -0.2) is 20.2 Å². The van der Waals surface area contributed by atoms with E-state index in [2.05, 4.69) is 4.67 Å². The van der Waals surface area contributed by atoms with E-state index in [4.69, 9.17) is 20.2 Å². The Balaban J connectivity index is 0.000000288. The minimum atomic E-state index is -4.59. The zero-order chi connectivity index (χ0) is 11.9. The Morgan fingerprint density at radius 1 is 1.33 bits per heavy atom. The van der Waals surface area contributed by atoms with E-state index in [0.717, 1.165) is 12.0 Å². The predicted octanol–water partition coefficient (Wildman–Crippen LogP) is 1.52. The summed E-state index contributed by atoms with van der Waals surface area (Å²) in [4.78, 5) is 14.9. The summed E-state index contributed by atoms with van der Waals surface area (Å²) in [5.74, 6) is 0.403. The lowest BCUT2D eigenvalue weighted by molar-refractivity contribution is -0.158. The first-order chi connectivity index (χ1) is 6.90. The van der Waals surface area contributed by atoms with Crippen LogP contribution in [0, 0.1) is 0 Å². The molecular weight excluding hydrogens is 223 g/mol. The Morgan fingerprint density at radius 2 is 1.80 bits per heavy atom. The Hall–Kier alpha value is -0.910. The molecule has 0 radical (unpaired) electrons. The minimum absolute atomic E-state index is 0.403. The Bertz CT molecular complexity index is 334. The summed E-state index contributed by atoms with van der Waals surface area (Å²) in [6.07, 6.45) is 0.896. The Labute approximate surface area is 86.9 Å². The molecule has 86 valence electrons. The van der Waals surface area contributed by atoms with Crippen molar-refractivity contribution in [2.75, 3.05) is 0 Å². The lowest BCUT2D eigenvalue weighted by atomic mass is 10.1. The van der Waals surface area contributed by atoms with E-state index < -0.39 is 7.82 Å². The van der Waals surface area contributed by atoms with Gasteiger partial charge in [0.1, 0.15) is 5.75 Å². The van der Waals surface area contributed by atoms with Crippen molar-refractivity contribution in [3.63, 3.8) is 0 Å². The van der Waals surface area contributed by atoms with Gasteiger partial charge in [0.05, 0.1) is 0 Å². The van der Waals surface area contributed by atoms with E-state index in [1.54, 1.807) is 6.07 Å². The number of hydrogen-bond donors (Lipinski definition) is 4. The highest BCUT2D eigenvalue weighted by Crippen LogP contribution is 2.33. The molecule has 1 rings (SSSR count). The van der Waals surface area contributed by atoms with Crippen LogP contribution in [-0.2, 0) is 15.7 Å². The molecular formula is C8H13O6P. The van der Waals surface area contributed by atoms with Crippen LogP contribution in [0.1, 0.15) is 12.5 Å². The van der Waals surface area contributed by atoms with E-state index >= 15 is 0 Å². The smallest absolute Gasteiger partial charge is 0.496 e. The van der Waals surface area contributed by atoms with Crippen molar-refractivity contribution >= 4 is 7.82 Å². The SMILES string of the molecule is CCc1ccccc1O.O=P(O)(O)OO. The number of phenolic OH excluding ortho intramolecular Hbond substituents is 1. The highest BCUT2D eigenvalue weighted by atomic mass is 31.2. The fraction of sp³-hybridized carbons (Fsp3) is 0.250. The fourth-order valence-electron chi connectivity index (χ4n) is 0.810. The van der Waals surface area contributed by atoms with Crippen LogP contribution >= 0.6 is 7.82 Å². The van der Waals surface area contributed by atoms with Gasteiger partial charge in [0.15, 0.2) is 0 Å². The summed E-state index contributed by atoms with van der Waals surface area (Å²) in [6.45, 7) is 2.02. The van der Waals surface area contributed by atoms with Gasteiger partial charge in [-0.2, -0.15) is 0 Å². The molecule has 15 heavy (non-hydrogen) atoms. The zero-order valence-corrected chi connectivity index (χ0v) is 8.96. The van der Waals surface area contributed by atoms with Crippen LogP contribution in [0.4, 0.5) is 0 Å². The van der Waals surface area contributed by atoms with Gasteiger partial charge in [0, 0.05) is 0 Å². The van der Waals surface area contributed by atoms with Crippen LogP contribution in [0.2, 0.25) is 0 Å². The first-order valence-corrected chi connectivity index (χ1v) is 5.59.